The predicted molar refractivity (Wildman–Crippen MR) is 88.7 cm³/mol. The van der Waals surface area contributed by atoms with E-state index in [0.29, 0.717) is 0 Å². The zero-order chi connectivity index (χ0) is 16.4. The van der Waals surface area contributed by atoms with E-state index in [-0.39, 0.29) is 0 Å². The molecule has 122 valence electrons. The Morgan fingerprint density at radius 3 is 2.57 bits per heavy atom. The van der Waals surface area contributed by atoms with Gasteiger partial charge in [-0.2, -0.15) is 0 Å². The molecule has 1 aromatic carbocycles. The van der Waals surface area contributed by atoms with Gasteiger partial charge >= 0.3 is 7.32 Å². The molecular weight excluding hydrogens is 291 g/mol. The minimum absolute atomic E-state index is 0.665. The highest BCUT2D eigenvalue weighted by molar-refractivity contribution is 6.34. The van der Waals surface area contributed by atoms with E-state index in [0.717, 1.165) is 36.2 Å². The summed E-state index contributed by atoms with van der Waals surface area (Å²) in [4.78, 5) is 1.40. The lowest BCUT2D eigenvalue weighted by molar-refractivity contribution is 0.0165. The van der Waals surface area contributed by atoms with Crippen LogP contribution in [0.25, 0.3) is 0 Å². The van der Waals surface area contributed by atoms with Crippen molar-refractivity contribution < 1.29 is 14.4 Å². The molecule has 23 heavy (non-hydrogen) atoms. The van der Waals surface area contributed by atoms with Crippen molar-refractivity contribution in [1.29, 1.82) is 0 Å². The SMILES string of the molecule is Cc1c2c(nn1OB(O)OC(C)(C)c1ccccc1)CCCC2. The number of aromatic nitrogens is 2. The maximum Gasteiger partial charge on any atom is 0.732 e. The van der Waals surface area contributed by atoms with Gasteiger partial charge in [0.2, 0.25) is 0 Å². The van der Waals surface area contributed by atoms with Crippen LogP contribution in [0.2, 0.25) is 0 Å². The van der Waals surface area contributed by atoms with Gasteiger partial charge in [0.15, 0.2) is 0 Å². The van der Waals surface area contributed by atoms with E-state index < -0.39 is 12.9 Å². The summed E-state index contributed by atoms with van der Waals surface area (Å²) in [6, 6.07) is 9.76. The molecule has 0 unspecified atom stereocenters. The minimum Gasteiger partial charge on any atom is -0.405 e. The van der Waals surface area contributed by atoms with Gasteiger partial charge in [-0.15, -0.1) is 9.94 Å². The molecular formula is C17H23BN2O3. The topological polar surface area (TPSA) is 56.5 Å². The molecule has 0 atom stereocenters. The Bertz CT molecular complexity index is 670. The average Bonchev–Trinajstić information content (AvgIpc) is 2.84. The van der Waals surface area contributed by atoms with Crippen LogP contribution in [0.15, 0.2) is 30.3 Å². The lowest BCUT2D eigenvalue weighted by Gasteiger charge is -2.27. The lowest BCUT2D eigenvalue weighted by atomic mass is 9.96. The van der Waals surface area contributed by atoms with Gasteiger partial charge in [-0.3, -0.25) is 0 Å². The van der Waals surface area contributed by atoms with Gasteiger partial charge in [0.1, 0.15) is 0 Å². The molecule has 0 fully saturated rings. The molecule has 5 nitrogen and oxygen atoms in total. The summed E-state index contributed by atoms with van der Waals surface area (Å²) < 4.78 is 11.2. The Hall–Kier alpha value is -1.79. The number of benzene rings is 1. The molecule has 1 N–H and O–H groups in total. The smallest absolute Gasteiger partial charge is 0.405 e. The third kappa shape index (κ3) is 3.43. The third-order valence-electron chi connectivity index (χ3n) is 4.43. The standard InChI is InChI=1S/C17H23BN2O3/c1-13-15-11-7-8-12-16(15)19-20(13)23-18(21)22-17(2,3)14-9-5-4-6-10-14/h4-6,9-10,21H,7-8,11-12H2,1-3H3. The summed E-state index contributed by atoms with van der Waals surface area (Å²) in [6.07, 6.45) is 4.33. The number of fused-ring (bicyclic) bond motifs is 1. The Labute approximate surface area is 137 Å². The molecule has 0 radical (unpaired) electrons. The number of hydrogen-bond acceptors (Lipinski definition) is 4. The average molecular weight is 314 g/mol. The van der Waals surface area contributed by atoms with Gasteiger partial charge in [-0.1, -0.05) is 30.3 Å². The molecule has 0 spiro atoms. The van der Waals surface area contributed by atoms with E-state index in [2.05, 4.69) is 5.10 Å². The second-order valence-electron chi connectivity index (χ2n) is 6.50. The van der Waals surface area contributed by atoms with E-state index in [1.807, 2.05) is 51.1 Å². The van der Waals surface area contributed by atoms with Gasteiger partial charge < -0.3 is 14.4 Å². The summed E-state index contributed by atoms with van der Waals surface area (Å²) in [5, 5.41) is 14.6. The number of nitrogens with zero attached hydrogens (tertiary/aromatic N) is 2. The van der Waals surface area contributed by atoms with E-state index >= 15 is 0 Å². The van der Waals surface area contributed by atoms with Crippen LogP contribution in [0, 0.1) is 6.92 Å². The molecule has 1 aromatic heterocycles. The van der Waals surface area contributed by atoms with Crippen molar-refractivity contribution >= 4 is 7.32 Å². The first-order valence-corrected chi connectivity index (χ1v) is 8.13. The summed E-state index contributed by atoms with van der Waals surface area (Å²) in [6.45, 7) is 5.76. The van der Waals surface area contributed by atoms with Gasteiger partial charge in [-0.25, -0.2) is 0 Å². The molecule has 1 heterocycles. The van der Waals surface area contributed by atoms with Crippen LogP contribution in [0.3, 0.4) is 0 Å². The van der Waals surface area contributed by atoms with E-state index in [1.54, 1.807) is 0 Å². The quantitative estimate of drug-likeness (QED) is 0.861. The van der Waals surface area contributed by atoms with E-state index in [1.165, 1.54) is 16.8 Å². The third-order valence-corrected chi connectivity index (χ3v) is 4.43. The fourth-order valence-corrected chi connectivity index (χ4v) is 3.06. The van der Waals surface area contributed by atoms with Crippen LogP contribution in [-0.2, 0) is 23.1 Å². The van der Waals surface area contributed by atoms with Crippen molar-refractivity contribution in [3.05, 3.63) is 52.8 Å². The Kier molecular flexibility index (Phi) is 4.46. The van der Waals surface area contributed by atoms with Crippen molar-refractivity contribution in [3.8, 4) is 0 Å². The first-order chi connectivity index (χ1) is 11.0. The van der Waals surface area contributed by atoms with E-state index in [4.69, 9.17) is 9.41 Å². The number of aryl methyl sites for hydroxylation is 1. The fourth-order valence-electron chi connectivity index (χ4n) is 3.06. The van der Waals surface area contributed by atoms with Crippen molar-refractivity contribution in [3.63, 3.8) is 0 Å². The molecule has 2 aromatic rings. The highest BCUT2D eigenvalue weighted by atomic mass is 16.8. The van der Waals surface area contributed by atoms with Crippen LogP contribution < -0.4 is 4.76 Å². The van der Waals surface area contributed by atoms with Crippen LogP contribution in [-0.4, -0.2) is 22.3 Å². The van der Waals surface area contributed by atoms with Crippen LogP contribution >= 0.6 is 0 Å². The molecule has 1 aliphatic carbocycles. The van der Waals surface area contributed by atoms with Gasteiger partial charge in [0.05, 0.1) is 17.0 Å². The Morgan fingerprint density at radius 1 is 1.17 bits per heavy atom. The van der Waals surface area contributed by atoms with Gasteiger partial charge in [-0.05, 0) is 57.6 Å². The zero-order valence-electron chi connectivity index (χ0n) is 14.0. The highest BCUT2D eigenvalue weighted by Gasteiger charge is 2.33. The summed E-state index contributed by atoms with van der Waals surface area (Å²) >= 11 is 0. The molecule has 0 saturated heterocycles. The molecule has 3 rings (SSSR count). The fraction of sp³-hybridized carbons (Fsp3) is 0.471. The Balaban J connectivity index is 1.70. The van der Waals surface area contributed by atoms with E-state index in [9.17, 15) is 5.02 Å². The Morgan fingerprint density at radius 2 is 1.87 bits per heavy atom. The molecule has 0 bridgehead atoms. The van der Waals surface area contributed by atoms with Crippen LogP contribution in [0.1, 0.15) is 49.2 Å². The molecule has 6 heteroatoms. The van der Waals surface area contributed by atoms with Gasteiger partial charge in [0, 0.05) is 0 Å². The van der Waals surface area contributed by atoms with Gasteiger partial charge in [0.25, 0.3) is 0 Å². The predicted octanol–water partition coefficient (Wildman–Crippen LogP) is 2.43. The van der Waals surface area contributed by atoms with Crippen LogP contribution in [0.4, 0.5) is 0 Å². The summed E-state index contributed by atoms with van der Waals surface area (Å²) in [5.41, 5.74) is 3.56. The van der Waals surface area contributed by atoms with Crippen molar-refractivity contribution in [2.24, 2.45) is 0 Å². The minimum atomic E-state index is -1.38. The molecule has 0 saturated carbocycles. The van der Waals surface area contributed by atoms with Crippen LogP contribution in [0.5, 0.6) is 0 Å². The molecule has 0 amide bonds. The van der Waals surface area contributed by atoms with Crippen molar-refractivity contribution in [2.75, 3.05) is 0 Å². The zero-order valence-corrected chi connectivity index (χ0v) is 14.0. The normalized spacial score (nSPS) is 14.4. The lowest BCUT2D eigenvalue weighted by Crippen LogP contribution is -2.40. The summed E-state index contributed by atoms with van der Waals surface area (Å²) in [7, 11) is -1.38. The monoisotopic (exact) mass is 314 g/mol. The summed E-state index contributed by atoms with van der Waals surface area (Å²) in [5.74, 6) is 0. The molecule has 0 aliphatic heterocycles. The second-order valence-corrected chi connectivity index (χ2v) is 6.50. The maximum absolute atomic E-state index is 10.2. The van der Waals surface area contributed by atoms with Crippen molar-refractivity contribution in [1.82, 2.24) is 9.94 Å². The molecule has 1 aliphatic rings. The van der Waals surface area contributed by atoms with Crippen molar-refractivity contribution in [2.45, 2.75) is 52.1 Å². The first kappa shape index (κ1) is 16.1. The highest BCUT2D eigenvalue weighted by Crippen LogP contribution is 2.25. The largest absolute Gasteiger partial charge is 0.732 e. The number of hydrogen-bond donors (Lipinski definition) is 1. The second kappa shape index (κ2) is 6.38. The first-order valence-electron chi connectivity index (χ1n) is 8.13. The number of rotatable bonds is 5. The maximum atomic E-state index is 10.2.